The number of morpholine rings is 1. The van der Waals surface area contributed by atoms with Crippen LogP contribution >= 0.6 is 0 Å². The molecule has 10 heteroatoms. The molecule has 1 aromatic heterocycles. The number of aromatic nitrogens is 3. The van der Waals surface area contributed by atoms with Gasteiger partial charge in [0.1, 0.15) is 5.75 Å². The molecule has 0 spiro atoms. The summed E-state index contributed by atoms with van der Waals surface area (Å²) in [5.74, 6) is 2.37. The molecule has 1 fully saturated rings. The van der Waals surface area contributed by atoms with Crippen molar-refractivity contribution in [3.05, 3.63) is 29.6 Å². The first-order valence-electron chi connectivity index (χ1n) is 9.40. The first-order valence-corrected chi connectivity index (χ1v) is 9.40. The Labute approximate surface area is 170 Å². The molecule has 0 saturated carbocycles. The van der Waals surface area contributed by atoms with Crippen LogP contribution in [0.5, 0.6) is 5.75 Å². The fourth-order valence-corrected chi connectivity index (χ4v) is 2.81. The van der Waals surface area contributed by atoms with E-state index in [0.29, 0.717) is 36.6 Å². The normalized spacial score (nSPS) is 13.7. The number of hydrogen-bond acceptors (Lipinski definition) is 8. The predicted molar refractivity (Wildman–Crippen MR) is 111 cm³/mol. The molecule has 156 valence electrons. The molecular formula is C19H27N7O3. The van der Waals surface area contributed by atoms with Gasteiger partial charge < -0.3 is 29.9 Å². The van der Waals surface area contributed by atoms with Crippen LogP contribution in [0.25, 0.3) is 0 Å². The number of nitrogens with zero attached hydrogens (tertiary/aromatic N) is 5. The number of carbonyl (C=O) groups is 1. The maximum absolute atomic E-state index is 12.3. The second-order valence-electron chi connectivity index (χ2n) is 6.83. The minimum Gasteiger partial charge on any atom is -0.497 e. The van der Waals surface area contributed by atoms with E-state index in [9.17, 15) is 4.79 Å². The Hall–Kier alpha value is -3.14. The molecule has 29 heavy (non-hydrogen) atoms. The first-order chi connectivity index (χ1) is 14.0. The van der Waals surface area contributed by atoms with Crippen LogP contribution in [-0.2, 0) is 11.3 Å². The van der Waals surface area contributed by atoms with Crippen LogP contribution in [0.3, 0.4) is 0 Å². The Morgan fingerprint density at radius 1 is 1.24 bits per heavy atom. The molecule has 2 heterocycles. The van der Waals surface area contributed by atoms with Crippen molar-refractivity contribution in [3.8, 4) is 5.75 Å². The Bertz CT molecular complexity index is 854. The van der Waals surface area contributed by atoms with Crippen LogP contribution in [0.2, 0.25) is 0 Å². The lowest BCUT2D eigenvalue weighted by atomic mass is 10.2. The van der Waals surface area contributed by atoms with Crippen LogP contribution in [0.15, 0.2) is 18.2 Å². The summed E-state index contributed by atoms with van der Waals surface area (Å²) in [6.07, 6.45) is 0. The zero-order valence-electron chi connectivity index (χ0n) is 17.2. The summed E-state index contributed by atoms with van der Waals surface area (Å²) in [4.78, 5) is 29.7. The van der Waals surface area contributed by atoms with Crippen LogP contribution in [0, 0.1) is 6.92 Å². The van der Waals surface area contributed by atoms with Gasteiger partial charge in [-0.25, -0.2) is 4.79 Å². The number of urea groups is 1. The second kappa shape index (κ2) is 9.37. The Kier molecular flexibility index (Phi) is 6.65. The van der Waals surface area contributed by atoms with Gasteiger partial charge in [0.05, 0.1) is 26.9 Å². The van der Waals surface area contributed by atoms with Gasteiger partial charge in [-0.3, -0.25) is 0 Å². The van der Waals surface area contributed by atoms with Crippen molar-refractivity contribution >= 4 is 23.6 Å². The van der Waals surface area contributed by atoms with E-state index in [-0.39, 0.29) is 12.6 Å². The fourth-order valence-electron chi connectivity index (χ4n) is 2.81. The summed E-state index contributed by atoms with van der Waals surface area (Å²) in [6, 6.07) is 5.13. The summed E-state index contributed by atoms with van der Waals surface area (Å²) in [7, 11) is 5.35. The number of nitrogens with one attached hydrogen (secondary N) is 2. The van der Waals surface area contributed by atoms with E-state index in [2.05, 4.69) is 30.5 Å². The van der Waals surface area contributed by atoms with Gasteiger partial charge in [-0.1, -0.05) is 0 Å². The third-order valence-electron chi connectivity index (χ3n) is 4.44. The maximum Gasteiger partial charge on any atom is 0.319 e. The molecule has 0 atom stereocenters. The Morgan fingerprint density at radius 2 is 2.00 bits per heavy atom. The molecule has 10 nitrogen and oxygen atoms in total. The summed E-state index contributed by atoms with van der Waals surface area (Å²) in [5, 5.41) is 5.64. The first kappa shape index (κ1) is 20.6. The molecule has 1 aliphatic rings. The number of rotatable bonds is 6. The smallest absolute Gasteiger partial charge is 0.319 e. The van der Waals surface area contributed by atoms with Crippen molar-refractivity contribution in [2.24, 2.45) is 0 Å². The van der Waals surface area contributed by atoms with Gasteiger partial charge in [0.25, 0.3) is 0 Å². The molecule has 1 saturated heterocycles. The Morgan fingerprint density at radius 3 is 2.66 bits per heavy atom. The van der Waals surface area contributed by atoms with E-state index in [0.717, 1.165) is 24.4 Å². The number of amides is 2. The zero-order chi connectivity index (χ0) is 20.8. The molecule has 1 aromatic carbocycles. The van der Waals surface area contributed by atoms with Crippen molar-refractivity contribution < 1.29 is 14.3 Å². The summed E-state index contributed by atoms with van der Waals surface area (Å²) in [5.41, 5.74) is 1.62. The highest BCUT2D eigenvalue weighted by atomic mass is 16.5. The zero-order valence-corrected chi connectivity index (χ0v) is 17.2. The van der Waals surface area contributed by atoms with Gasteiger partial charge >= 0.3 is 6.03 Å². The highest BCUT2D eigenvalue weighted by Gasteiger charge is 2.17. The average molecular weight is 401 g/mol. The molecule has 0 aliphatic carbocycles. The minimum atomic E-state index is -0.335. The molecule has 0 radical (unpaired) electrons. The van der Waals surface area contributed by atoms with Crippen molar-refractivity contribution in [1.29, 1.82) is 0 Å². The monoisotopic (exact) mass is 401 g/mol. The van der Waals surface area contributed by atoms with Crippen molar-refractivity contribution in [2.45, 2.75) is 13.5 Å². The number of aryl methyl sites for hydroxylation is 1. The highest BCUT2D eigenvalue weighted by Crippen LogP contribution is 2.21. The number of anilines is 3. The average Bonchev–Trinajstić information content (AvgIpc) is 2.74. The lowest BCUT2D eigenvalue weighted by Gasteiger charge is -2.27. The van der Waals surface area contributed by atoms with Crippen molar-refractivity contribution in [2.75, 3.05) is 62.6 Å². The predicted octanol–water partition coefficient (Wildman–Crippen LogP) is 1.41. The number of carbonyl (C=O) groups excluding carboxylic acids is 1. The van der Waals surface area contributed by atoms with Gasteiger partial charge in [0, 0.05) is 32.9 Å². The molecule has 0 bridgehead atoms. The molecule has 1 aliphatic heterocycles. The maximum atomic E-state index is 12.3. The summed E-state index contributed by atoms with van der Waals surface area (Å²) in [6.45, 7) is 4.81. The molecule has 2 amide bonds. The lowest BCUT2D eigenvalue weighted by Crippen LogP contribution is -2.38. The van der Waals surface area contributed by atoms with E-state index in [1.165, 1.54) is 0 Å². The topological polar surface area (TPSA) is 105 Å². The summed E-state index contributed by atoms with van der Waals surface area (Å²) >= 11 is 0. The number of ether oxygens (including phenoxy) is 2. The van der Waals surface area contributed by atoms with E-state index in [4.69, 9.17) is 9.47 Å². The van der Waals surface area contributed by atoms with Crippen LogP contribution < -0.4 is 25.2 Å². The van der Waals surface area contributed by atoms with E-state index in [1.807, 2.05) is 32.0 Å². The van der Waals surface area contributed by atoms with E-state index >= 15 is 0 Å². The van der Waals surface area contributed by atoms with Gasteiger partial charge in [-0.2, -0.15) is 15.0 Å². The lowest BCUT2D eigenvalue weighted by molar-refractivity contribution is 0.122. The second-order valence-corrected chi connectivity index (χ2v) is 6.83. The molecular weight excluding hydrogens is 374 g/mol. The number of benzene rings is 1. The third-order valence-corrected chi connectivity index (χ3v) is 4.44. The van der Waals surface area contributed by atoms with Gasteiger partial charge in [-0.05, 0) is 30.7 Å². The minimum absolute atomic E-state index is 0.182. The quantitative estimate of drug-likeness (QED) is 0.749. The van der Waals surface area contributed by atoms with Gasteiger partial charge in [-0.15, -0.1) is 0 Å². The standard InChI is InChI=1S/C19H27N7O3/c1-13-11-14(28-4)5-6-15(13)21-19(27)20-12-16-22-17(25(2)3)24-18(23-16)26-7-9-29-10-8-26/h5-6,11H,7-10,12H2,1-4H3,(H2,20,21,27). The largest absolute Gasteiger partial charge is 0.497 e. The van der Waals surface area contributed by atoms with Crippen molar-refractivity contribution in [1.82, 2.24) is 20.3 Å². The molecule has 2 N–H and O–H groups in total. The highest BCUT2D eigenvalue weighted by molar-refractivity contribution is 5.90. The van der Waals surface area contributed by atoms with Gasteiger partial charge in [0.2, 0.25) is 11.9 Å². The molecule has 0 unspecified atom stereocenters. The van der Waals surface area contributed by atoms with Crippen LogP contribution in [0.4, 0.5) is 22.4 Å². The fraction of sp³-hybridized carbons (Fsp3) is 0.474. The van der Waals surface area contributed by atoms with E-state index in [1.54, 1.807) is 19.2 Å². The van der Waals surface area contributed by atoms with Crippen molar-refractivity contribution in [3.63, 3.8) is 0 Å². The van der Waals surface area contributed by atoms with Gasteiger partial charge in [0.15, 0.2) is 5.82 Å². The number of hydrogen-bond donors (Lipinski definition) is 2. The third kappa shape index (κ3) is 5.44. The SMILES string of the molecule is COc1ccc(NC(=O)NCc2nc(N(C)C)nc(N3CCOCC3)n2)c(C)c1. The van der Waals surface area contributed by atoms with Crippen LogP contribution in [0.1, 0.15) is 11.4 Å². The molecule has 3 rings (SSSR count). The molecule has 2 aromatic rings. The summed E-state index contributed by atoms with van der Waals surface area (Å²) < 4.78 is 10.6. The van der Waals surface area contributed by atoms with Crippen LogP contribution in [-0.4, -0.2) is 68.5 Å². The Balaban J connectivity index is 1.67. The van der Waals surface area contributed by atoms with E-state index < -0.39 is 0 Å². The number of methoxy groups -OCH3 is 1.